The fourth-order valence-corrected chi connectivity index (χ4v) is 4.81. The van der Waals surface area contributed by atoms with E-state index < -0.39 is 5.97 Å². The number of hydrogen-bond donors (Lipinski definition) is 1. The predicted octanol–water partition coefficient (Wildman–Crippen LogP) is 6.08. The van der Waals surface area contributed by atoms with E-state index in [1.807, 2.05) is 45.5 Å². The Morgan fingerprint density at radius 1 is 1.06 bits per heavy atom. The highest BCUT2D eigenvalue weighted by molar-refractivity contribution is 5.95. The Kier molecular flexibility index (Phi) is 6.63. The van der Waals surface area contributed by atoms with Crippen LogP contribution in [-0.2, 0) is 6.54 Å². The van der Waals surface area contributed by atoms with E-state index in [9.17, 15) is 14.7 Å². The molecule has 3 aromatic rings. The maximum atomic E-state index is 13.3. The number of carboxylic acids is 1. The molecule has 1 atom stereocenters. The highest BCUT2D eigenvalue weighted by Crippen LogP contribution is 2.33. The standard InChI is InChI=1S/C27H32N2O3/c1-3-19(2)28-18-25(22-9-5-4-6-10-22)29(27(28)32)17-20-13-15-21(16-14-20)23-11-7-8-12-24(23)26(30)31/h7-8,11-16,18-19,22H,3-6,9-10,17H2,1-2H3,(H,30,31). The van der Waals surface area contributed by atoms with Crippen LogP contribution in [0.1, 0.15) is 85.9 Å². The van der Waals surface area contributed by atoms with Crippen LogP contribution in [0.15, 0.2) is 59.5 Å². The number of carboxylic acid groups (broad SMARTS) is 1. The van der Waals surface area contributed by atoms with Crippen molar-refractivity contribution in [3.05, 3.63) is 82.0 Å². The second-order valence-electron chi connectivity index (χ2n) is 8.97. The van der Waals surface area contributed by atoms with Gasteiger partial charge in [-0.2, -0.15) is 0 Å². The molecule has 1 heterocycles. The largest absolute Gasteiger partial charge is 0.478 e. The minimum absolute atomic E-state index is 0.0697. The van der Waals surface area contributed by atoms with Crippen molar-refractivity contribution < 1.29 is 9.90 Å². The molecule has 1 aromatic heterocycles. The van der Waals surface area contributed by atoms with E-state index in [2.05, 4.69) is 20.0 Å². The summed E-state index contributed by atoms with van der Waals surface area (Å²) >= 11 is 0. The van der Waals surface area contributed by atoms with E-state index in [1.54, 1.807) is 12.1 Å². The number of imidazole rings is 1. The van der Waals surface area contributed by atoms with Crippen LogP contribution in [-0.4, -0.2) is 20.2 Å². The van der Waals surface area contributed by atoms with E-state index in [-0.39, 0.29) is 11.7 Å². The Labute approximate surface area is 189 Å². The molecule has 4 rings (SSSR count). The van der Waals surface area contributed by atoms with Crippen LogP contribution in [0, 0.1) is 0 Å². The van der Waals surface area contributed by atoms with E-state index in [0.717, 1.165) is 36.1 Å². The minimum atomic E-state index is -0.931. The van der Waals surface area contributed by atoms with E-state index in [4.69, 9.17) is 0 Å². The van der Waals surface area contributed by atoms with Crippen LogP contribution in [0.2, 0.25) is 0 Å². The lowest BCUT2D eigenvalue weighted by molar-refractivity contribution is 0.0697. The summed E-state index contributed by atoms with van der Waals surface area (Å²) in [5, 5.41) is 9.49. The van der Waals surface area contributed by atoms with Crippen LogP contribution in [0.5, 0.6) is 0 Å². The first-order valence-corrected chi connectivity index (χ1v) is 11.7. The molecule has 1 unspecified atom stereocenters. The number of nitrogens with zero attached hydrogens (tertiary/aromatic N) is 2. The monoisotopic (exact) mass is 432 g/mol. The zero-order valence-electron chi connectivity index (χ0n) is 19.0. The number of benzene rings is 2. The molecular formula is C27H32N2O3. The van der Waals surface area contributed by atoms with Gasteiger partial charge in [0.25, 0.3) is 0 Å². The lowest BCUT2D eigenvalue weighted by atomic mass is 9.87. The van der Waals surface area contributed by atoms with Gasteiger partial charge in [0.2, 0.25) is 0 Å². The SMILES string of the molecule is CCC(C)n1cc(C2CCCCC2)n(Cc2ccc(-c3ccccc3C(=O)O)cc2)c1=O. The van der Waals surface area contributed by atoms with E-state index in [1.165, 1.54) is 19.3 Å². The minimum Gasteiger partial charge on any atom is -0.478 e. The number of carbonyl (C=O) groups is 1. The van der Waals surface area contributed by atoms with Crippen LogP contribution < -0.4 is 5.69 Å². The van der Waals surface area contributed by atoms with Crippen molar-refractivity contribution in [1.82, 2.24) is 9.13 Å². The summed E-state index contributed by atoms with van der Waals surface area (Å²) in [6.07, 6.45) is 9.06. The summed E-state index contributed by atoms with van der Waals surface area (Å²) in [5.74, 6) is -0.483. The second-order valence-corrected chi connectivity index (χ2v) is 8.97. The van der Waals surface area contributed by atoms with Gasteiger partial charge in [-0.25, -0.2) is 9.59 Å². The summed E-state index contributed by atoms with van der Waals surface area (Å²) in [4.78, 5) is 24.9. The molecule has 0 saturated heterocycles. The molecule has 5 nitrogen and oxygen atoms in total. The van der Waals surface area contributed by atoms with Crippen LogP contribution in [0.3, 0.4) is 0 Å². The van der Waals surface area contributed by atoms with Crippen LogP contribution in [0.4, 0.5) is 0 Å². The van der Waals surface area contributed by atoms with E-state index in [0.29, 0.717) is 23.6 Å². The second kappa shape index (κ2) is 9.60. The maximum absolute atomic E-state index is 13.3. The first-order chi connectivity index (χ1) is 15.5. The Morgan fingerprint density at radius 3 is 2.41 bits per heavy atom. The van der Waals surface area contributed by atoms with E-state index >= 15 is 0 Å². The summed E-state index contributed by atoms with van der Waals surface area (Å²) in [5.41, 5.74) is 4.14. The molecule has 1 aliphatic carbocycles. The fourth-order valence-electron chi connectivity index (χ4n) is 4.81. The van der Waals surface area contributed by atoms with Crippen molar-refractivity contribution in [2.24, 2.45) is 0 Å². The third-order valence-corrected chi connectivity index (χ3v) is 6.89. The van der Waals surface area contributed by atoms with Gasteiger partial charge in [0.15, 0.2) is 0 Å². The highest BCUT2D eigenvalue weighted by Gasteiger charge is 2.23. The van der Waals surface area contributed by atoms with Crippen molar-refractivity contribution in [2.45, 2.75) is 70.9 Å². The van der Waals surface area contributed by atoms with Gasteiger partial charge in [-0.05, 0) is 48.9 Å². The van der Waals surface area contributed by atoms with Gasteiger partial charge < -0.3 is 5.11 Å². The third kappa shape index (κ3) is 4.43. The summed E-state index contributed by atoms with van der Waals surface area (Å²) in [7, 11) is 0. The molecule has 1 N–H and O–H groups in total. The number of aromatic nitrogens is 2. The number of hydrogen-bond acceptors (Lipinski definition) is 2. The average molecular weight is 433 g/mol. The molecule has 0 amide bonds. The molecule has 168 valence electrons. The molecule has 1 fully saturated rings. The van der Waals surface area contributed by atoms with Crippen molar-refractivity contribution in [2.75, 3.05) is 0 Å². The summed E-state index contributed by atoms with van der Waals surface area (Å²) in [6.45, 7) is 4.75. The number of rotatable bonds is 7. The van der Waals surface area contributed by atoms with Crippen LogP contribution in [0.25, 0.3) is 11.1 Å². The first-order valence-electron chi connectivity index (χ1n) is 11.7. The lowest BCUT2D eigenvalue weighted by Gasteiger charge is -2.22. The summed E-state index contributed by atoms with van der Waals surface area (Å²) in [6, 6.07) is 15.1. The Balaban J connectivity index is 1.66. The normalized spacial score (nSPS) is 15.6. The van der Waals surface area contributed by atoms with Crippen molar-refractivity contribution in [3.63, 3.8) is 0 Å². The van der Waals surface area contributed by atoms with Crippen molar-refractivity contribution in [1.29, 1.82) is 0 Å². The molecule has 0 spiro atoms. The molecule has 1 aliphatic rings. The highest BCUT2D eigenvalue weighted by atomic mass is 16.4. The van der Waals surface area contributed by atoms with Gasteiger partial charge in [-0.15, -0.1) is 0 Å². The molecule has 0 bridgehead atoms. The Hall–Kier alpha value is -3.08. The zero-order valence-corrected chi connectivity index (χ0v) is 19.0. The van der Waals surface area contributed by atoms with Gasteiger partial charge >= 0.3 is 11.7 Å². The quantitative estimate of drug-likeness (QED) is 0.492. The van der Waals surface area contributed by atoms with Gasteiger partial charge in [-0.1, -0.05) is 68.7 Å². The Bertz CT molecular complexity index is 1130. The molecule has 1 saturated carbocycles. The molecule has 5 heteroatoms. The maximum Gasteiger partial charge on any atom is 0.336 e. The fraction of sp³-hybridized carbons (Fsp3) is 0.407. The topological polar surface area (TPSA) is 64.2 Å². The molecule has 2 aromatic carbocycles. The average Bonchev–Trinajstić information content (AvgIpc) is 3.15. The van der Waals surface area contributed by atoms with Gasteiger partial charge in [0, 0.05) is 23.9 Å². The van der Waals surface area contributed by atoms with Crippen molar-refractivity contribution >= 4 is 5.97 Å². The number of aromatic carboxylic acids is 1. The molecule has 0 radical (unpaired) electrons. The molecule has 0 aliphatic heterocycles. The van der Waals surface area contributed by atoms with Gasteiger partial charge in [0.05, 0.1) is 12.1 Å². The van der Waals surface area contributed by atoms with Gasteiger partial charge in [-0.3, -0.25) is 9.13 Å². The first kappa shape index (κ1) is 22.1. The Morgan fingerprint density at radius 2 is 1.75 bits per heavy atom. The molecular weight excluding hydrogens is 400 g/mol. The lowest BCUT2D eigenvalue weighted by Crippen LogP contribution is -2.27. The third-order valence-electron chi connectivity index (χ3n) is 6.89. The molecule has 32 heavy (non-hydrogen) atoms. The summed E-state index contributed by atoms with van der Waals surface area (Å²) < 4.78 is 3.86. The zero-order chi connectivity index (χ0) is 22.7. The van der Waals surface area contributed by atoms with Crippen molar-refractivity contribution in [3.8, 4) is 11.1 Å². The van der Waals surface area contributed by atoms with Crippen LogP contribution >= 0.6 is 0 Å². The smallest absolute Gasteiger partial charge is 0.336 e. The van der Waals surface area contributed by atoms with Gasteiger partial charge in [0.1, 0.15) is 0 Å². The predicted molar refractivity (Wildman–Crippen MR) is 127 cm³/mol.